The van der Waals surface area contributed by atoms with Crippen LogP contribution in [0.2, 0.25) is 0 Å². The Labute approximate surface area is 119 Å². The number of nitrogens with one attached hydrogen (secondary N) is 1. The normalized spacial score (nSPS) is 10.6. The Hall–Kier alpha value is -1.80. The van der Waals surface area contributed by atoms with E-state index in [4.69, 9.17) is 5.73 Å². The Kier molecular flexibility index (Phi) is 7.01. The first-order valence-electron chi connectivity index (χ1n) is 5.42. The minimum absolute atomic E-state index is 0. The van der Waals surface area contributed by atoms with Gasteiger partial charge in [-0.3, -0.25) is 14.9 Å². The standard InChI is InChI=1S/C11H13F2N3O3.ClH/c12-11(13,6-14)7-15-10(17)5-8-2-1-3-9(4-8)16(18)19;/h1-4H,5-7,14H2,(H,15,17);1H. The molecule has 0 radical (unpaired) electrons. The third kappa shape index (κ3) is 5.89. The first-order chi connectivity index (χ1) is 8.84. The lowest BCUT2D eigenvalue weighted by Crippen LogP contribution is -2.42. The summed E-state index contributed by atoms with van der Waals surface area (Å²) in [5.41, 5.74) is 5.04. The summed E-state index contributed by atoms with van der Waals surface area (Å²) < 4.78 is 25.6. The Morgan fingerprint density at radius 3 is 2.65 bits per heavy atom. The second kappa shape index (κ2) is 7.71. The van der Waals surface area contributed by atoms with Crippen LogP contribution in [0, 0.1) is 10.1 Å². The van der Waals surface area contributed by atoms with Gasteiger partial charge in [0, 0.05) is 12.1 Å². The number of amides is 1. The molecule has 0 aliphatic carbocycles. The van der Waals surface area contributed by atoms with Crippen molar-refractivity contribution in [2.45, 2.75) is 12.3 Å². The fourth-order valence-electron chi connectivity index (χ4n) is 1.33. The number of carbonyl (C=O) groups is 1. The predicted octanol–water partition coefficient (Wildman–Crippen LogP) is 1.27. The second-order valence-electron chi connectivity index (χ2n) is 3.94. The minimum atomic E-state index is -3.15. The Morgan fingerprint density at radius 1 is 1.45 bits per heavy atom. The van der Waals surface area contributed by atoms with Crippen LogP contribution in [0.5, 0.6) is 0 Å². The molecule has 0 saturated heterocycles. The Morgan fingerprint density at radius 2 is 2.10 bits per heavy atom. The molecule has 0 aliphatic heterocycles. The molecule has 6 nitrogen and oxygen atoms in total. The molecule has 9 heteroatoms. The van der Waals surface area contributed by atoms with Gasteiger partial charge in [-0.05, 0) is 5.56 Å². The largest absolute Gasteiger partial charge is 0.350 e. The highest BCUT2D eigenvalue weighted by molar-refractivity contribution is 5.85. The average molecular weight is 310 g/mol. The molecule has 3 N–H and O–H groups in total. The number of nitrogens with two attached hydrogens (primary N) is 1. The van der Waals surface area contributed by atoms with Gasteiger partial charge in [0.05, 0.1) is 24.4 Å². The number of benzene rings is 1. The molecule has 0 aromatic heterocycles. The van der Waals surface area contributed by atoms with Crippen LogP contribution in [0.3, 0.4) is 0 Å². The molecule has 0 spiro atoms. The van der Waals surface area contributed by atoms with Crippen molar-refractivity contribution in [3.8, 4) is 0 Å². The summed E-state index contributed by atoms with van der Waals surface area (Å²) in [6, 6.07) is 5.44. The number of rotatable bonds is 6. The van der Waals surface area contributed by atoms with Crippen LogP contribution in [0.4, 0.5) is 14.5 Å². The zero-order valence-corrected chi connectivity index (χ0v) is 11.2. The van der Waals surface area contributed by atoms with E-state index in [1.54, 1.807) is 0 Å². The van der Waals surface area contributed by atoms with E-state index in [2.05, 4.69) is 0 Å². The maximum absolute atomic E-state index is 12.8. The lowest BCUT2D eigenvalue weighted by molar-refractivity contribution is -0.384. The van der Waals surface area contributed by atoms with Gasteiger partial charge in [0.25, 0.3) is 11.6 Å². The summed E-state index contributed by atoms with van der Waals surface area (Å²) in [7, 11) is 0. The van der Waals surface area contributed by atoms with Crippen LogP contribution in [-0.4, -0.2) is 29.8 Å². The molecular formula is C11H14ClF2N3O3. The number of nitro groups is 1. The minimum Gasteiger partial charge on any atom is -0.350 e. The van der Waals surface area contributed by atoms with Crippen molar-refractivity contribution in [3.05, 3.63) is 39.9 Å². The summed E-state index contributed by atoms with van der Waals surface area (Å²) >= 11 is 0. The van der Waals surface area contributed by atoms with Gasteiger partial charge in [0.2, 0.25) is 5.91 Å². The number of non-ortho nitro benzene ring substituents is 1. The maximum atomic E-state index is 12.8. The fraction of sp³-hybridized carbons (Fsp3) is 0.364. The lowest BCUT2D eigenvalue weighted by atomic mass is 10.1. The van der Waals surface area contributed by atoms with Gasteiger partial charge in [-0.1, -0.05) is 12.1 Å². The maximum Gasteiger partial charge on any atom is 0.277 e. The molecule has 0 atom stereocenters. The molecule has 1 amide bonds. The van der Waals surface area contributed by atoms with Crippen LogP contribution >= 0.6 is 12.4 Å². The molecule has 0 fully saturated rings. The smallest absolute Gasteiger partial charge is 0.277 e. The van der Waals surface area contributed by atoms with Gasteiger partial charge >= 0.3 is 0 Å². The van der Waals surface area contributed by atoms with E-state index in [1.807, 2.05) is 5.32 Å². The monoisotopic (exact) mass is 309 g/mol. The van der Waals surface area contributed by atoms with Crippen LogP contribution in [0.25, 0.3) is 0 Å². The van der Waals surface area contributed by atoms with E-state index in [0.29, 0.717) is 5.56 Å². The lowest BCUT2D eigenvalue weighted by Gasteiger charge is -2.14. The van der Waals surface area contributed by atoms with E-state index in [1.165, 1.54) is 24.3 Å². The molecule has 1 rings (SSSR count). The van der Waals surface area contributed by atoms with Crippen molar-refractivity contribution < 1.29 is 18.5 Å². The molecule has 1 aromatic rings. The summed E-state index contributed by atoms with van der Waals surface area (Å²) in [6.07, 6.45) is -0.206. The Balaban J connectivity index is 0.00000361. The van der Waals surface area contributed by atoms with Crippen molar-refractivity contribution in [2.75, 3.05) is 13.1 Å². The quantitative estimate of drug-likeness (QED) is 0.610. The van der Waals surface area contributed by atoms with Gasteiger partial charge < -0.3 is 11.1 Å². The number of nitrogens with zero attached hydrogens (tertiary/aromatic N) is 1. The molecule has 0 aliphatic rings. The van der Waals surface area contributed by atoms with E-state index in [9.17, 15) is 23.7 Å². The topological polar surface area (TPSA) is 98.3 Å². The van der Waals surface area contributed by atoms with Gasteiger partial charge in [0.1, 0.15) is 0 Å². The highest BCUT2D eigenvalue weighted by Crippen LogP contribution is 2.14. The zero-order chi connectivity index (χ0) is 14.5. The number of carbonyl (C=O) groups excluding carboxylic acids is 1. The molecule has 0 heterocycles. The van der Waals surface area contributed by atoms with Crippen molar-refractivity contribution in [1.82, 2.24) is 5.32 Å². The van der Waals surface area contributed by atoms with E-state index in [-0.39, 0.29) is 24.5 Å². The van der Waals surface area contributed by atoms with Crippen molar-refractivity contribution in [3.63, 3.8) is 0 Å². The van der Waals surface area contributed by atoms with Crippen LogP contribution in [0.1, 0.15) is 5.56 Å². The molecule has 20 heavy (non-hydrogen) atoms. The SMILES string of the molecule is Cl.NCC(F)(F)CNC(=O)Cc1cccc([N+](=O)[O-])c1. The first-order valence-corrected chi connectivity index (χ1v) is 5.42. The number of nitro benzene ring substituents is 1. The number of hydrogen-bond acceptors (Lipinski definition) is 4. The number of hydrogen-bond donors (Lipinski definition) is 2. The second-order valence-corrected chi connectivity index (χ2v) is 3.94. The van der Waals surface area contributed by atoms with Gasteiger partial charge in [-0.25, -0.2) is 8.78 Å². The third-order valence-corrected chi connectivity index (χ3v) is 2.33. The van der Waals surface area contributed by atoms with E-state index >= 15 is 0 Å². The van der Waals surface area contributed by atoms with Gasteiger partial charge in [-0.15, -0.1) is 12.4 Å². The third-order valence-electron chi connectivity index (χ3n) is 2.33. The van der Waals surface area contributed by atoms with E-state index in [0.717, 1.165) is 0 Å². The summed E-state index contributed by atoms with van der Waals surface area (Å²) in [5.74, 6) is -3.80. The van der Waals surface area contributed by atoms with Crippen molar-refractivity contribution in [1.29, 1.82) is 0 Å². The molecular weight excluding hydrogens is 296 g/mol. The number of halogens is 3. The van der Waals surface area contributed by atoms with E-state index < -0.39 is 29.8 Å². The fourth-order valence-corrected chi connectivity index (χ4v) is 1.33. The van der Waals surface area contributed by atoms with Crippen LogP contribution in [-0.2, 0) is 11.2 Å². The highest BCUT2D eigenvalue weighted by atomic mass is 35.5. The Bertz CT molecular complexity index is 486. The summed E-state index contributed by atoms with van der Waals surface area (Å²) in [5, 5.41) is 12.6. The predicted molar refractivity (Wildman–Crippen MR) is 71.1 cm³/mol. The van der Waals surface area contributed by atoms with Crippen molar-refractivity contribution in [2.24, 2.45) is 5.73 Å². The molecule has 1 aromatic carbocycles. The summed E-state index contributed by atoms with van der Waals surface area (Å²) in [6.45, 7) is -1.71. The molecule has 112 valence electrons. The molecule has 0 unspecified atom stereocenters. The molecule has 0 saturated carbocycles. The van der Waals surface area contributed by atoms with Crippen molar-refractivity contribution >= 4 is 24.0 Å². The summed E-state index contributed by atoms with van der Waals surface area (Å²) in [4.78, 5) is 21.3. The van der Waals surface area contributed by atoms with Crippen LogP contribution < -0.4 is 11.1 Å². The zero-order valence-electron chi connectivity index (χ0n) is 10.3. The van der Waals surface area contributed by atoms with Crippen LogP contribution in [0.15, 0.2) is 24.3 Å². The highest BCUT2D eigenvalue weighted by Gasteiger charge is 2.27. The molecule has 0 bridgehead atoms. The average Bonchev–Trinajstić information content (AvgIpc) is 2.37. The van der Waals surface area contributed by atoms with Gasteiger partial charge in [0.15, 0.2) is 0 Å². The first kappa shape index (κ1) is 18.2. The van der Waals surface area contributed by atoms with Gasteiger partial charge in [-0.2, -0.15) is 0 Å². The number of alkyl halides is 2.